The van der Waals surface area contributed by atoms with Gasteiger partial charge in [-0.1, -0.05) is 0 Å². The smallest absolute Gasteiger partial charge is 0.410 e. The number of likely N-dealkylation sites (tertiary alicyclic amines) is 1. The molecule has 0 aliphatic carbocycles. The zero-order chi connectivity index (χ0) is 13.4. The average Bonchev–Trinajstić information content (AvgIpc) is 2.42. The van der Waals surface area contributed by atoms with E-state index in [0.29, 0.717) is 0 Å². The Kier molecular flexibility index (Phi) is 3.61. The van der Waals surface area contributed by atoms with Crippen LogP contribution in [0.2, 0.25) is 0 Å². The summed E-state index contributed by atoms with van der Waals surface area (Å²) in [5.74, 6) is -1.89. The van der Waals surface area contributed by atoms with Crippen molar-refractivity contribution in [2.75, 3.05) is 13.1 Å². The Hall–Kier alpha value is -0.980. The van der Waals surface area contributed by atoms with Gasteiger partial charge in [0.25, 0.3) is 0 Å². The second kappa shape index (κ2) is 4.36. The van der Waals surface area contributed by atoms with Gasteiger partial charge in [0.05, 0.1) is 12.6 Å². The molecule has 0 spiro atoms. The van der Waals surface area contributed by atoms with Crippen molar-refractivity contribution in [1.82, 2.24) is 4.90 Å². The van der Waals surface area contributed by atoms with Crippen molar-refractivity contribution in [3.05, 3.63) is 0 Å². The van der Waals surface area contributed by atoms with Gasteiger partial charge >= 0.3 is 12.3 Å². The summed E-state index contributed by atoms with van der Waals surface area (Å²) in [7, 11) is 0. The van der Waals surface area contributed by atoms with E-state index in [2.05, 4.69) is 0 Å². The molecule has 0 aromatic heterocycles. The van der Waals surface area contributed by atoms with Crippen LogP contribution in [0.15, 0.2) is 0 Å². The van der Waals surface area contributed by atoms with Gasteiger partial charge in [-0.2, -0.15) is 13.2 Å². The molecule has 0 aromatic carbocycles. The molecule has 2 atom stereocenters. The zero-order valence-electron chi connectivity index (χ0n) is 9.91. The van der Waals surface area contributed by atoms with Crippen LogP contribution in [0, 0.1) is 5.92 Å². The molecule has 1 heterocycles. The Balaban J connectivity index is 2.63. The predicted molar refractivity (Wildman–Crippen MR) is 53.4 cm³/mol. The van der Waals surface area contributed by atoms with Gasteiger partial charge in [0.15, 0.2) is 0 Å². The summed E-state index contributed by atoms with van der Waals surface area (Å²) in [6.45, 7) is 3.97. The number of aliphatic hydroxyl groups is 1. The Morgan fingerprint density at radius 2 is 1.82 bits per heavy atom. The van der Waals surface area contributed by atoms with Gasteiger partial charge < -0.3 is 14.7 Å². The largest absolute Gasteiger partial charge is 0.444 e. The molecule has 1 rings (SSSR count). The molecule has 1 aliphatic rings. The number of aliphatic hydroxyl groups excluding tert-OH is 1. The van der Waals surface area contributed by atoms with Crippen molar-refractivity contribution in [2.24, 2.45) is 5.92 Å². The molecule has 1 N–H and O–H groups in total. The summed E-state index contributed by atoms with van der Waals surface area (Å²) in [6, 6.07) is 0. The summed E-state index contributed by atoms with van der Waals surface area (Å²) in [5.41, 5.74) is -0.766. The van der Waals surface area contributed by atoms with Gasteiger partial charge in [-0.25, -0.2) is 4.79 Å². The lowest BCUT2D eigenvalue weighted by Gasteiger charge is -2.24. The van der Waals surface area contributed by atoms with Gasteiger partial charge in [0, 0.05) is 6.54 Å². The number of nitrogens with zero attached hydrogens (tertiary/aromatic N) is 1. The highest BCUT2D eigenvalue weighted by Crippen LogP contribution is 2.34. The normalized spacial score (nSPS) is 26.2. The maximum atomic E-state index is 12.4. The number of carbonyl (C=O) groups is 1. The summed E-state index contributed by atoms with van der Waals surface area (Å²) in [4.78, 5) is 12.4. The lowest BCUT2D eigenvalue weighted by atomic mass is 10.1. The van der Waals surface area contributed by atoms with Crippen molar-refractivity contribution < 1.29 is 27.8 Å². The fourth-order valence-corrected chi connectivity index (χ4v) is 1.58. The topological polar surface area (TPSA) is 49.8 Å². The minimum Gasteiger partial charge on any atom is -0.444 e. The van der Waals surface area contributed by atoms with E-state index < -0.39 is 36.4 Å². The molecule has 0 bridgehead atoms. The summed E-state index contributed by atoms with van der Waals surface area (Å²) in [6.07, 6.45) is -6.92. The van der Waals surface area contributed by atoms with E-state index in [1.54, 1.807) is 20.8 Å². The number of carbonyl (C=O) groups excluding carboxylic acids is 1. The Morgan fingerprint density at radius 3 is 2.18 bits per heavy atom. The summed E-state index contributed by atoms with van der Waals surface area (Å²) in [5, 5.41) is 9.27. The molecule has 1 aliphatic heterocycles. The molecule has 0 aromatic rings. The first-order chi connectivity index (χ1) is 7.50. The van der Waals surface area contributed by atoms with Gasteiger partial charge in [-0.15, -0.1) is 0 Å². The first kappa shape index (κ1) is 14.1. The minimum absolute atomic E-state index is 0.348. The monoisotopic (exact) mass is 255 g/mol. The van der Waals surface area contributed by atoms with Gasteiger partial charge in [-0.05, 0) is 20.8 Å². The Bertz CT molecular complexity index is 298. The molecule has 2 unspecified atom stereocenters. The van der Waals surface area contributed by atoms with E-state index in [1.165, 1.54) is 0 Å². The van der Waals surface area contributed by atoms with Gasteiger partial charge in [0.1, 0.15) is 11.5 Å². The molecule has 17 heavy (non-hydrogen) atoms. The first-order valence-electron chi connectivity index (χ1n) is 5.23. The summed E-state index contributed by atoms with van der Waals surface area (Å²) >= 11 is 0. The van der Waals surface area contributed by atoms with Gasteiger partial charge in [-0.3, -0.25) is 0 Å². The fraction of sp³-hybridized carbons (Fsp3) is 0.900. The minimum atomic E-state index is -4.50. The van der Waals surface area contributed by atoms with Crippen LogP contribution in [0.1, 0.15) is 20.8 Å². The van der Waals surface area contributed by atoms with Crippen LogP contribution >= 0.6 is 0 Å². The SMILES string of the molecule is CC(C)(C)OC(=O)N1CC(O)C(C(F)(F)F)C1. The summed E-state index contributed by atoms with van der Waals surface area (Å²) < 4.78 is 42.3. The van der Waals surface area contributed by atoms with Crippen molar-refractivity contribution in [2.45, 2.75) is 38.7 Å². The van der Waals surface area contributed by atoms with E-state index in [4.69, 9.17) is 4.74 Å². The van der Waals surface area contributed by atoms with Crippen LogP contribution in [-0.4, -0.2) is 47.1 Å². The lowest BCUT2D eigenvalue weighted by molar-refractivity contribution is -0.188. The highest BCUT2D eigenvalue weighted by Gasteiger charge is 2.50. The second-order valence-corrected chi connectivity index (χ2v) is 5.10. The number of hydrogen-bond acceptors (Lipinski definition) is 3. The maximum absolute atomic E-state index is 12.4. The van der Waals surface area contributed by atoms with E-state index in [1.807, 2.05) is 0 Å². The van der Waals surface area contributed by atoms with E-state index >= 15 is 0 Å². The molecule has 1 fully saturated rings. The Labute approximate surface area is 97.3 Å². The number of ether oxygens (including phenoxy) is 1. The number of halogens is 3. The molecule has 4 nitrogen and oxygen atoms in total. The van der Waals surface area contributed by atoms with Crippen LogP contribution in [0.5, 0.6) is 0 Å². The van der Waals surface area contributed by atoms with Gasteiger partial charge in [0.2, 0.25) is 0 Å². The average molecular weight is 255 g/mol. The Morgan fingerprint density at radius 1 is 1.29 bits per heavy atom. The molecule has 1 saturated heterocycles. The van der Waals surface area contributed by atoms with E-state index in [-0.39, 0.29) is 6.54 Å². The van der Waals surface area contributed by atoms with Crippen molar-refractivity contribution in [3.8, 4) is 0 Å². The standard InChI is InChI=1S/C10H16F3NO3/c1-9(2,3)17-8(16)14-4-6(7(15)5-14)10(11,12)13/h6-7,15H,4-5H2,1-3H3. The van der Waals surface area contributed by atoms with E-state index in [0.717, 1.165) is 4.90 Å². The number of hydrogen-bond donors (Lipinski definition) is 1. The maximum Gasteiger partial charge on any atom is 0.410 e. The highest BCUT2D eigenvalue weighted by molar-refractivity contribution is 5.68. The molecule has 0 saturated carbocycles. The number of amides is 1. The van der Waals surface area contributed by atoms with Crippen molar-refractivity contribution >= 4 is 6.09 Å². The molecule has 1 amide bonds. The third kappa shape index (κ3) is 3.76. The van der Waals surface area contributed by atoms with Crippen LogP contribution in [0.25, 0.3) is 0 Å². The molecule has 7 heteroatoms. The van der Waals surface area contributed by atoms with Crippen molar-refractivity contribution in [3.63, 3.8) is 0 Å². The van der Waals surface area contributed by atoms with Crippen LogP contribution in [0.4, 0.5) is 18.0 Å². The quantitative estimate of drug-likeness (QED) is 0.717. The number of alkyl halides is 3. The van der Waals surface area contributed by atoms with Crippen LogP contribution in [0.3, 0.4) is 0 Å². The second-order valence-electron chi connectivity index (χ2n) is 5.10. The molecular weight excluding hydrogens is 239 g/mol. The molecule has 0 radical (unpaired) electrons. The van der Waals surface area contributed by atoms with E-state index in [9.17, 15) is 23.1 Å². The lowest BCUT2D eigenvalue weighted by Crippen LogP contribution is -2.36. The molecular formula is C10H16F3NO3. The zero-order valence-corrected chi connectivity index (χ0v) is 9.91. The highest BCUT2D eigenvalue weighted by atomic mass is 19.4. The van der Waals surface area contributed by atoms with Crippen LogP contribution < -0.4 is 0 Å². The van der Waals surface area contributed by atoms with Crippen LogP contribution in [-0.2, 0) is 4.74 Å². The third-order valence-corrected chi connectivity index (χ3v) is 2.36. The number of rotatable bonds is 0. The predicted octanol–water partition coefficient (Wildman–Crippen LogP) is 1.78. The third-order valence-electron chi connectivity index (χ3n) is 2.36. The molecule has 100 valence electrons. The number of β-amino-alcohol motifs (C(OH)–C–C–N with tert-alkyl or cyclic N) is 1. The van der Waals surface area contributed by atoms with Crippen molar-refractivity contribution in [1.29, 1.82) is 0 Å². The first-order valence-corrected chi connectivity index (χ1v) is 5.23. The fourth-order valence-electron chi connectivity index (χ4n) is 1.58.